The largest absolute Gasteiger partial charge is 0.353 e. The lowest BCUT2D eigenvalue weighted by Crippen LogP contribution is -2.61. The van der Waals surface area contributed by atoms with Crippen LogP contribution in [0.2, 0.25) is 0 Å². The second kappa shape index (κ2) is 2.73. The van der Waals surface area contributed by atoms with Crippen molar-refractivity contribution >= 4 is 5.91 Å². The summed E-state index contributed by atoms with van der Waals surface area (Å²) in [7, 11) is 0. The molecule has 3 saturated carbocycles. The summed E-state index contributed by atoms with van der Waals surface area (Å²) in [4.78, 5) is 11.8. The van der Waals surface area contributed by atoms with Crippen LogP contribution in [0.4, 0.5) is 0 Å². The first-order valence-electron chi connectivity index (χ1n) is 5.34. The number of hydrogen-bond donors (Lipinski definition) is 1. The number of amides is 1. The standard InChI is InChI=1S/C11H19NO/c1-7(2)8(3)12-10(13)11-4-9(5-11)6-11/h7-9H,4-6H2,1-3H3,(H,12,13)/t8-,9?,11?/m1/s1. The monoisotopic (exact) mass is 181 g/mol. The number of hydrogen-bond acceptors (Lipinski definition) is 1. The van der Waals surface area contributed by atoms with Crippen LogP contribution in [0.1, 0.15) is 40.0 Å². The molecule has 1 atom stereocenters. The summed E-state index contributed by atoms with van der Waals surface area (Å²) in [5.41, 5.74) is 0.0911. The first-order chi connectivity index (χ1) is 6.03. The Labute approximate surface area is 80.1 Å². The molecule has 0 spiro atoms. The molecule has 0 aromatic heterocycles. The van der Waals surface area contributed by atoms with E-state index in [0.717, 1.165) is 25.2 Å². The predicted octanol–water partition coefficient (Wildman–Crippen LogP) is 1.95. The second-order valence-corrected chi connectivity index (χ2v) is 5.26. The van der Waals surface area contributed by atoms with Crippen LogP contribution in [-0.4, -0.2) is 11.9 Å². The Morgan fingerprint density at radius 2 is 1.85 bits per heavy atom. The molecule has 0 aromatic rings. The minimum absolute atomic E-state index is 0.0911. The van der Waals surface area contributed by atoms with E-state index in [0.29, 0.717) is 17.9 Å². The summed E-state index contributed by atoms with van der Waals surface area (Å²) in [6, 6.07) is 0.321. The lowest BCUT2D eigenvalue weighted by molar-refractivity contribution is -0.165. The molecule has 0 aliphatic heterocycles. The first kappa shape index (κ1) is 9.04. The van der Waals surface area contributed by atoms with Gasteiger partial charge in [-0.25, -0.2) is 0 Å². The number of carbonyl (C=O) groups is 1. The van der Waals surface area contributed by atoms with Gasteiger partial charge >= 0.3 is 0 Å². The maximum atomic E-state index is 11.8. The lowest BCUT2D eigenvalue weighted by atomic mass is 9.44. The molecular formula is C11H19NO. The zero-order valence-electron chi connectivity index (χ0n) is 8.76. The maximum absolute atomic E-state index is 11.8. The van der Waals surface area contributed by atoms with Crippen molar-refractivity contribution in [2.45, 2.75) is 46.1 Å². The van der Waals surface area contributed by atoms with E-state index in [1.165, 1.54) is 0 Å². The Balaban J connectivity index is 1.84. The van der Waals surface area contributed by atoms with Gasteiger partial charge in [-0.3, -0.25) is 4.79 Å². The van der Waals surface area contributed by atoms with E-state index in [1.54, 1.807) is 0 Å². The maximum Gasteiger partial charge on any atom is 0.226 e. The van der Waals surface area contributed by atoms with Gasteiger partial charge in [0.1, 0.15) is 0 Å². The van der Waals surface area contributed by atoms with Crippen molar-refractivity contribution in [2.24, 2.45) is 17.3 Å². The number of nitrogens with one attached hydrogen (secondary N) is 1. The van der Waals surface area contributed by atoms with Crippen molar-refractivity contribution < 1.29 is 4.79 Å². The van der Waals surface area contributed by atoms with E-state index < -0.39 is 0 Å². The van der Waals surface area contributed by atoms with Gasteiger partial charge in [0.2, 0.25) is 5.91 Å². The molecule has 1 N–H and O–H groups in total. The van der Waals surface area contributed by atoms with Gasteiger partial charge < -0.3 is 5.32 Å². The Kier molecular flexibility index (Phi) is 1.90. The van der Waals surface area contributed by atoms with Crippen molar-refractivity contribution in [2.75, 3.05) is 0 Å². The first-order valence-corrected chi connectivity index (χ1v) is 5.34. The molecular weight excluding hydrogens is 162 g/mol. The Morgan fingerprint density at radius 1 is 1.31 bits per heavy atom. The van der Waals surface area contributed by atoms with Crippen molar-refractivity contribution in [1.29, 1.82) is 0 Å². The molecule has 0 heterocycles. The minimum atomic E-state index is 0.0911. The van der Waals surface area contributed by atoms with Crippen LogP contribution < -0.4 is 5.32 Å². The fourth-order valence-electron chi connectivity index (χ4n) is 2.28. The molecule has 0 aromatic carbocycles. The minimum Gasteiger partial charge on any atom is -0.353 e. The predicted molar refractivity (Wildman–Crippen MR) is 52.2 cm³/mol. The zero-order chi connectivity index (χ0) is 9.64. The molecule has 3 aliphatic rings. The highest BCUT2D eigenvalue weighted by Crippen LogP contribution is 2.64. The van der Waals surface area contributed by atoms with Gasteiger partial charge in [-0.1, -0.05) is 13.8 Å². The van der Waals surface area contributed by atoms with Gasteiger partial charge in [0.15, 0.2) is 0 Å². The molecule has 0 saturated heterocycles. The second-order valence-electron chi connectivity index (χ2n) is 5.26. The average Bonchev–Trinajstić information content (AvgIpc) is 1.78. The molecule has 3 aliphatic carbocycles. The van der Waals surface area contributed by atoms with Crippen LogP contribution in [-0.2, 0) is 4.79 Å². The van der Waals surface area contributed by atoms with Crippen molar-refractivity contribution in [3.05, 3.63) is 0 Å². The summed E-state index contributed by atoms with van der Waals surface area (Å²) >= 11 is 0. The van der Waals surface area contributed by atoms with Crippen LogP contribution in [0, 0.1) is 17.3 Å². The van der Waals surface area contributed by atoms with Gasteiger partial charge in [0.05, 0.1) is 0 Å². The molecule has 0 radical (unpaired) electrons. The fourth-order valence-corrected chi connectivity index (χ4v) is 2.28. The Bertz CT molecular complexity index is 217. The van der Waals surface area contributed by atoms with Crippen molar-refractivity contribution in [3.63, 3.8) is 0 Å². The summed E-state index contributed by atoms with van der Waals surface area (Å²) < 4.78 is 0. The molecule has 2 nitrogen and oxygen atoms in total. The Morgan fingerprint density at radius 3 is 2.15 bits per heavy atom. The molecule has 0 unspecified atom stereocenters. The summed E-state index contributed by atoms with van der Waals surface area (Å²) in [6.45, 7) is 6.38. The summed E-state index contributed by atoms with van der Waals surface area (Å²) in [6.07, 6.45) is 3.47. The van der Waals surface area contributed by atoms with Crippen LogP contribution >= 0.6 is 0 Å². The van der Waals surface area contributed by atoms with Crippen molar-refractivity contribution in [1.82, 2.24) is 5.32 Å². The van der Waals surface area contributed by atoms with Gasteiger partial charge in [-0.05, 0) is 38.0 Å². The van der Waals surface area contributed by atoms with E-state index in [9.17, 15) is 4.79 Å². The molecule has 1 amide bonds. The van der Waals surface area contributed by atoms with Crippen LogP contribution in [0.5, 0.6) is 0 Å². The van der Waals surface area contributed by atoms with Gasteiger partial charge in [0.25, 0.3) is 0 Å². The smallest absolute Gasteiger partial charge is 0.226 e. The topological polar surface area (TPSA) is 29.1 Å². The SMILES string of the molecule is CC(C)[C@@H](C)NC(=O)C12CC(C1)C2. The van der Waals surface area contributed by atoms with Gasteiger partial charge in [-0.15, -0.1) is 0 Å². The van der Waals surface area contributed by atoms with E-state index in [4.69, 9.17) is 0 Å². The normalized spacial score (nSPS) is 37.7. The van der Waals surface area contributed by atoms with E-state index in [1.807, 2.05) is 0 Å². The van der Waals surface area contributed by atoms with E-state index in [-0.39, 0.29) is 5.41 Å². The van der Waals surface area contributed by atoms with Crippen molar-refractivity contribution in [3.8, 4) is 0 Å². The molecule has 3 rings (SSSR count). The fraction of sp³-hybridized carbons (Fsp3) is 0.909. The van der Waals surface area contributed by atoms with Crippen LogP contribution in [0.25, 0.3) is 0 Å². The number of carbonyl (C=O) groups excluding carboxylic acids is 1. The van der Waals surface area contributed by atoms with E-state index >= 15 is 0 Å². The lowest BCUT2D eigenvalue weighted by Gasteiger charge is -2.60. The molecule has 74 valence electrons. The van der Waals surface area contributed by atoms with Gasteiger partial charge in [0, 0.05) is 11.5 Å². The average molecular weight is 181 g/mol. The van der Waals surface area contributed by atoms with Gasteiger partial charge in [-0.2, -0.15) is 0 Å². The highest BCUT2D eigenvalue weighted by atomic mass is 16.2. The quantitative estimate of drug-likeness (QED) is 0.708. The molecule has 2 heteroatoms. The third kappa shape index (κ3) is 1.27. The highest BCUT2D eigenvalue weighted by molar-refractivity contribution is 5.85. The molecule has 2 bridgehead atoms. The third-order valence-corrected chi connectivity index (χ3v) is 3.88. The molecule has 3 fully saturated rings. The van der Waals surface area contributed by atoms with Crippen LogP contribution in [0.3, 0.4) is 0 Å². The third-order valence-electron chi connectivity index (χ3n) is 3.88. The van der Waals surface area contributed by atoms with E-state index in [2.05, 4.69) is 26.1 Å². The summed E-state index contributed by atoms with van der Waals surface area (Å²) in [5, 5.41) is 3.12. The summed E-state index contributed by atoms with van der Waals surface area (Å²) in [5.74, 6) is 1.74. The highest BCUT2D eigenvalue weighted by Gasteiger charge is 2.61. The molecule has 13 heavy (non-hydrogen) atoms. The van der Waals surface area contributed by atoms with Crippen LogP contribution in [0.15, 0.2) is 0 Å². The number of rotatable bonds is 3. The Hall–Kier alpha value is -0.530. The zero-order valence-corrected chi connectivity index (χ0v) is 8.76.